The Kier molecular flexibility index (Phi) is 7.19. The fourth-order valence-electron chi connectivity index (χ4n) is 1.88. The molecule has 3 heteroatoms. The molecule has 0 radical (unpaired) electrons. The van der Waals surface area contributed by atoms with Crippen LogP contribution in [0.4, 0.5) is 0 Å². The second-order valence-corrected chi connectivity index (χ2v) is 5.01. The van der Waals surface area contributed by atoms with E-state index in [4.69, 9.17) is 11.5 Å². The van der Waals surface area contributed by atoms with Crippen LogP contribution in [-0.4, -0.2) is 5.91 Å². The van der Waals surface area contributed by atoms with Crippen molar-refractivity contribution in [2.75, 3.05) is 0 Å². The van der Waals surface area contributed by atoms with Gasteiger partial charge in [-0.3, -0.25) is 4.79 Å². The molecular formula is C18H24N2O. The number of hydrogen-bond donors (Lipinski definition) is 2. The molecule has 21 heavy (non-hydrogen) atoms. The number of nitrogens with two attached hydrogens (primary N) is 2. The summed E-state index contributed by atoms with van der Waals surface area (Å²) >= 11 is 0. The molecule has 1 amide bonds. The zero-order valence-corrected chi connectivity index (χ0v) is 12.8. The Bertz CT molecular complexity index is 533. The molecule has 1 atom stereocenters. The smallest absolute Gasteiger partial charge is 0.248 e. The van der Waals surface area contributed by atoms with Crippen LogP contribution in [0.15, 0.2) is 54.6 Å². The predicted octanol–water partition coefficient (Wildman–Crippen LogP) is 3.44. The van der Waals surface area contributed by atoms with Crippen LogP contribution >= 0.6 is 0 Å². The first kappa shape index (κ1) is 16.9. The van der Waals surface area contributed by atoms with E-state index in [-0.39, 0.29) is 11.9 Å². The Morgan fingerprint density at radius 3 is 2.00 bits per heavy atom. The van der Waals surface area contributed by atoms with Gasteiger partial charge in [0.15, 0.2) is 0 Å². The quantitative estimate of drug-likeness (QED) is 0.903. The lowest BCUT2D eigenvalue weighted by atomic mass is 10.1. The van der Waals surface area contributed by atoms with Gasteiger partial charge in [0, 0.05) is 11.6 Å². The number of primary amides is 1. The Balaban J connectivity index is 0.000000219. The molecule has 112 valence electrons. The number of carbonyl (C=O) groups is 1. The normalized spacial score (nSPS) is 11.2. The Morgan fingerprint density at radius 1 is 1.05 bits per heavy atom. The maximum absolute atomic E-state index is 10.7. The van der Waals surface area contributed by atoms with E-state index in [2.05, 4.69) is 6.92 Å². The van der Waals surface area contributed by atoms with Crippen LogP contribution in [0.1, 0.15) is 47.8 Å². The van der Waals surface area contributed by atoms with E-state index in [9.17, 15) is 4.79 Å². The first-order valence-electron chi connectivity index (χ1n) is 7.23. The number of hydrogen-bond acceptors (Lipinski definition) is 2. The second-order valence-electron chi connectivity index (χ2n) is 5.01. The van der Waals surface area contributed by atoms with Gasteiger partial charge in [0.2, 0.25) is 5.91 Å². The standard InChI is InChI=1S/C10H13NO.C8H11N/c1-2-3-8-4-6-9(7-5-8)10(11)12;1-7(9)8-5-3-2-4-6-8/h4-7H,2-3H2,1H3,(H2,11,12);2-7H,9H2,1H3. The molecule has 2 aromatic carbocycles. The van der Waals surface area contributed by atoms with Crippen LogP contribution in [0, 0.1) is 0 Å². The van der Waals surface area contributed by atoms with Crippen LogP contribution in [0.25, 0.3) is 0 Å². The molecule has 0 aliphatic carbocycles. The zero-order valence-electron chi connectivity index (χ0n) is 12.8. The molecule has 2 aromatic rings. The summed E-state index contributed by atoms with van der Waals surface area (Å²) in [6, 6.07) is 17.7. The number of rotatable bonds is 4. The van der Waals surface area contributed by atoms with Gasteiger partial charge in [0.25, 0.3) is 0 Å². The number of aryl methyl sites for hydroxylation is 1. The SMILES string of the molecule is CC(N)c1ccccc1.CCCc1ccc(C(N)=O)cc1. The highest BCUT2D eigenvalue weighted by molar-refractivity contribution is 5.92. The van der Waals surface area contributed by atoms with E-state index in [1.165, 1.54) is 11.1 Å². The second kappa shape index (κ2) is 8.93. The van der Waals surface area contributed by atoms with E-state index in [1.54, 1.807) is 12.1 Å². The van der Waals surface area contributed by atoms with E-state index >= 15 is 0 Å². The molecule has 0 fully saturated rings. The first-order valence-corrected chi connectivity index (χ1v) is 7.23. The molecule has 1 unspecified atom stereocenters. The highest BCUT2D eigenvalue weighted by Crippen LogP contribution is 2.06. The average molecular weight is 284 g/mol. The molecule has 0 bridgehead atoms. The Labute approximate surface area is 127 Å². The lowest BCUT2D eigenvalue weighted by Crippen LogP contribution is -2.10. The van der Waals surface area contributed by atoms with E-state index in [0.29, 0.717) is 5.56 Å². The van der Waals surface area contributed by atoms with Crippen LogP contribution in [0.2, 0.25) is 0 Å². The van der Waals surface area contributed by atoms with E-state index in [0.717, 1.165) is 12.8 Å². The number of carbonyl (C=O) groups excluding carboxylic acids is 1. The fraction of sp³-hybridized carbons (Fsp3) is 0.278. The third-order valence-corrected chi connectivity index (χ3v) is 3.10. The van der Waals surface area contributed by atoms with E-state index in [1.807, 2.05) is 49.4 Å². The summed E-state index contributed by atoms with van der Waals surface area (Å²) in [7, 11) is 0. The minimum absolute atomic E-state index is 0.159. The van der Waals surface area contributed by atoms with Gasteiger partial charge in [-0.05, 0) is 36.6 Å². The van der Waals surface area contributed by atoms with Gasteiger partial charge in [-0.15, -0.1) is 0 Å². The van der Waals surface area contributed by atoms with Crippen molar-refractivity contribution in [3.8, 4) is 0 Å². The van der Waals surface area contributed by atoms with Crippen molar-refractivity contribution in [1.82, 2.24) is 0 Å². The summed E-state index contributed by atoms with van der Waals surface area (Å²) in [5.41, 5.74) is 13.7. The van der Waals surface area contributed by atoms with Gasteiger partial charge in [0.1, 0.15) is 0 Å². The molecule has 2 rings (SSSR count). The zero-order chi connectivity index (χ0) is 15.7. The lowest BCUT2D eigenvalue weighted by molar-refractivity contribution is 0.100. The monoisotopic (exact) mass is 284 g/mol. The summed E-state index contributed by atoms with van der Waals surface area (Å²) < 4.78 is 0. The van der Waals surface area contributed by atoms with Crippen molar-refractivity contribution in [1.29, 1.82) is 0 Å². The summed E-state index contributed by atoms with van der Waals surface area (Å²) in [5.74, 6) is -0.363. The largest absolute Gasteiger partial charge is 0.366 e. The van der Waals surface area contributed by atoms with Crippen LogP contribution < -0.4 is 11.5 Å². The maximum atomic E-state index is 10.7. The fourth-order valence-corrected chi connectivity index (χ4v) is 1.88. The Hall–Kier alpha value is -2.13. The minimum atomic E-state index is -0.363. The predicted molar refractivity (Wildman–Crippen MR) is 88.0 cm³/mol. The number of benzene rings is 2. The van der Waals surface area contributed by atoms with Crippen molar-refractivity contribution >= 4 is 5.91 Å². The highest BCUT2D eigenvalue weighted by Gasteiger charge is 1.98. The van der Waals surface area contributed by atoms with Gasteiger partial charge in [-0.1, -0.05) is 55.8 Å². The Morgan fingerprint density at radius 2 is 1.62 bits per heavy atom. The third kappa shape index (κ3) is 6.23. The van der Waals surface area contributed by atoms with Gasteiger partial charge >= 0.3 is 0 Å². The van der Waals surface area contributed by atoms with Gasteiger partial charge < -0.3 is 11.5 Å². The van der Waals surface area contributed by atoms with Crippen molar-refractivity contribution < 1.29 is 4.79 Å². The molecule has 0 spiro atoms. The first-order chi connectivity index (χ1) is 10.0. The average Bonchev–Trinajstić information content (AvgIpc) is 2.50. The topological polar surface area (TPSA) is 69.1 Å². The molecular weight excluding hydrogens is 260 g/mol. The molecule has 4 N–H and O–H groups in total. The van der Waals surface area contributed by atoms with Gasteiger partial charge in [-0.25, -0.2) is 0 Å². The summed E-state index contributed by atoms with van der Waals surface area (Å²) in [5, 5.41) is 0. The molecule has 0 saturated heterocycles. The van der Waals surface area contributed by atoms with E-state index < -0.39 is 0 Å². The molecule has 0 saturated carbocycles. The van der Waals surface area contributed by atoms with Crippen LogP contribution in [-0.2, 0) is 6.42 Å². The van der Waals surface area contributed by atoms with Crippen LogP contribution in [0.3, 0.4) is 0 Å². The lowest BCUT2D eigenvalue weighted by Gasteiger charge is -2.02. The minimum Gasteiger partial charge on any atom is -0.366 e. The van der Waals surface area contributed by atoms with Gasteiger partial charge in [0.05, 0.1) is 0 Å². The molecule has 0 aliphatic heterocycles. The van der Waals surface area contributed by atoms with Crippen molar-refractivity contribution in [2.24, 2.45) is 11.5 Å². The van der Waals surface area contributed by atoms with Crippen LogP contribution in [0.5, 0.6) is 0 Å². The summed E-state index contributed by atoms with van der Waals surface area (Å²) in [4.78, 5) is 10.7. The molecule has 0 aromatic heterocycles. The summed E-state index contributed by atoms with van der Waals surface area (Å²) in [6.45, 7) is 4.11. The maximum Gasteiger partial charge on any atom is 0.248 e. The van der Waals surface area contributed by atoms with Gasteiger partial charge in [-0.2, -0.15) is 0 Å². The van der Waals surface area contributed by atoms with Crippen molar-refractivity contribution in [2.45, 2.75) is 32.7 Å². The molecule has 0 heterocycles. The number of amides is 1. The summed E-state index contributed by atoms with van der Waals surface area (Å²) in [6.07, 6.45) is 2.18. The highest BCUT2D eigenvalue weighted by atomic mass is 16.1. The van der Waals surface area contributed by atoms with Crippen molar-refractivity contribution in [3.63, 3.8) is 0 Å². The molecule has 3 nitrogen and oxygen atoms in total. The van der Waals surface area contributed by atoms with Crippen molar-refractivity contribution in [3.05, 3.63) is 71.3 Å². The molecule has 0 aliphatic rings. The third-order valence-electron chi connectivity index (χ3n) is 3.10.